The summed E-state index contributed by atoms with van der Waals surface area (Å²) >= 11 is 5.64. The highest BCUT2D eigenvalue weighted by Gasteiger charge is 2.16. The van der Waals surface area contributed by atoms with Crippen LogP contribution in [0.25, 0.3) is 0 Å². The van der Waals surface area contributed by atoms with Gasteiger partial charge in [0.15, 0.2) is 0 Å². The van der Waals surface area contributed by atoms with Crippen LogP contribution in [0.2, 0.25) is 5.15 Å². The lowest BCUT2D eigenvalue weighted by molar-refractivity contribution is 0.415. The average Bonchev–Trinajstić information content (AvgIpc) is 2.41. The molecule has 0 fully saturated rings. The maximum atomic E-state index is 12.2. The lowest BCUT2D eigenvalue weighted by atomic mass is 10.3. The highest BCUT2D eigenvalue weighted by molar-refractivity contribution is 7.92. The highest BCUT2D eigenvalue weighted by atomic mass is 35.5. The van der Waals surface area contributed by atoms with Gasteiger partial charge in [-0.3, -0.25) is 4.72 Å². The van der Waals surface area contributed by atoms with Crippen LogP contribution in [0.5, 0.6) is 5.75 Å². The molecule has 106 valence electrons. The van der Waals surface area contributed by atoms with Gasteiger partial charge in [0.25, 0.3) is 10.0 Å². The van der Waals surface area contributed by atoms with Gasteiger partial charge in [0, 0.05) is 6.07 Å². The minimum Gasteiger partial charge on any atom is -0.495 e. The normalized spacial score (nSPS) is 11.1. The van der Waals surface area contributed by atoms with Crippen molar-refractivity contribution in [1.82, 2.24) is 4.98 Å². The van der Waals surface area contributed by atoms with E-state index in [4.69, 9.17) is 22.1 Å². The Balaban J connectivity index is 2.33. The number of aromatic nitrogens is 1. The van der Waals surface area contributed by atoms with E-state index in [1.54, 1.807) is 0 Å². The van der Waals surface area contributed by atoms with Crippen molar-refractivity contribution in [3.8, 4) is 5.75 Å². The summed E-state index contributed by atoms with van der Waals surface area (Å²) in [6, 6.07) is 7.21. The fourth-order valence-electron chi connectivity index (χ4n) is 1.51. The maximum absolute atomic E-state index is 12.2. The van der Waals surface area contributed by atoms with Gasteiger partial charge in [0.1, 0.15) is 10.9 Å². The van der Waals surface area contributed by atoms with E-state index in [1.807, 2.05) is 0 Å². The molecule has 20 heavy (non-hydrogen) atoms. The summed E-state index contributed by atoms with van der Waals surface area (Å²) < 4.78 is 31.8. The monoisotopic (exact) mass is 313 g/mol. The molecule has 8 heteroatoms. The maximum Gasteiger partial charge on any atom is 0.262 e. The molecule has 0 amide bonds. The summed E-state index contributed by atoms with van der Waals surface area (Å²) in [7, 11) is -2.33. The number of nitrogens with one attached hydrogen (secondary N) is 1. The largest absolute Gasteiger partial charge is 0.495 e. The van der Waals surface area contributed by atoms with Crippen LogP contribution in [-0.4, -0.2) is 20.5 Å². The van der Waals surface area contributed by atoms with Gasteiger partial charge >= 0.3 is 0 Å². The number of ether oxygens (including phenoxy) is 1. The standard InChI is InChI=1S/C12H12ClN3O3S/c1-19-11-6-9(3-4-10(11)14)20(17,18)16-8-2-5-12(13)15-7-8/h2-7,16H,14H2,1H3. The number of sulfonamides is 1. The molecule has 0 aliphatic rings. The van der Waals surface area contributed by atoms with Crippen molar-refractivity contribution < 1.29 is 13.2 Å². The highest BCUT2D eigenvalue weighted by Crippen LogP contribution is 2.26. The van der Waals surface area contributed by atoms with Crippen LogP contribution < -0.4 is 15.2 Å². The summed E-state index contributed by atoms with van der Waals surface area (Å²) in [6.45, 7) is 0. The zero-order chi connectivity index (χ0) is 14.8. The Morgan fingerprint density at radius 3 is 2.65 bits per heavy atom. The molecule has 3 N–H and O–H groups in total. The first-order valence-corrected chi connectivity index (χ1v) is 7.36. The molecule has 1 aromatic heterocycles. The smallest absolute Gasteiger partial charge is 0.262 e. The molecule has 0 atom stereocenters. The molecular weight excluding hydrogens is 302 g/mol. The van der Waals surface area contributed by atoms with E-state index in [-0.39, 0.29) is 10.0 Å². The third-order valence-corrected chi connectivity index (χ3v) is 4.10. The number of rotatable bonds is 4. The Labute approximate surface area is 121 Å². The Bertz CT molecular complexity index is 717. The summed E-state index contributed by atoms with van der Waals surface area (Å²) in [5, 5.41) is 0.280. The minimum atomic E-state index is -3.74. The topological polar surface area (TPSA) is 94.3 Å². The Kier molecular flexibility index (Phi) is 4.01. The van der Waals surface area contributed by atoms with E-state index >= 15 is 0 Å². The molecule has 0 unspecified atom stereocenters. The number of benzene rings is 1. The van der Waals surface area contributed by atoms with Crippen molar-refractivity contribution in [2.24, 2.45) is 0 Å². The quantitative estimate of drug-likeness (QED) is 0.666. The van der Waals surface area contributed by atoms with Gasteiger partial charge in [-0.1, -0.05) is 11.6 Å². The number of hydrogen-bond donors (Lipinski definition) is 2. The van der Waals surface area contributed by atoms with E-state index in [1.165, 1.54) is 43.6 Å². The number of nitrogens with zero attached hydrogens (tertiary/aromatic N) is 1. The molecule has 2 aromatic rings. The summed E-state index contributed by atoms with van der Waals surface area (Å²) in [5.74, 6) is 0.294. The van der Waals surface area contributed by atoms with Gasteiger partial charge in [-0.15, -0.1) is 0 Å². The van der Waals surface area contributed by atoms with Gasteiger partial charge in [0.05, 0.1) is 29.6 Å². The van der Waals surface area contributed by atoms with Crippen molar-refractivity contribution in [3.63, 3.8) is 0 Å². The zero-order valence-electron chi connectivity index (χ0n) is 10.5. The van der Waals surface area contributed by atoms with Crippen molar-refractivity contribution in [2.45, 2.75) is 4.90 Å². The third-order valence-electron chi connectivity index (χ3n) is 2.49. The summed E-state index contributed by atoms with van der Waals surface area (Å²) in [4.78, 5) is 3.84. The molecule has 0 spiro atoms. The number of nitrogen functional groups attached to an aromatic ring is 1. The van der Waals surface area contributed by atoms with Crippen LogP contribution in [0.1, 0.15) is 0 Å². The van der Waals surface area contributed by atoms with Crippen molar-refractivity contribution in [3.05, 3.63) is 41.7 Å². The second-order valence-electron chi connectivity index (χ2n) is 3.88. The first-order chi connectivity index (χ1) is 9.42. The van der Waals surface area contributed by atoms with Gasteiger partial charge in [-0.2, -0.15) is 0 Å². The number of hydrogen-bond acceptors (Lipinski definition) is 5. The number of pyridine rings is 1. The predicted molar refractivity (Wildman–Crippen MR) is 77.5 cm³/mol. The molecule has 2 rings (SSSR count). The lowest BCUT2D eigenvalue weighted by Gasteiger charge is -2.10. The van der Waals surface area contributed by atoms with Crippen molar-refractivity contribution in [2.75, 3.05) is 17.6 Å². The third kappa shape index (κ3) is 3.12. The molecular formula is C12H12ClN3O3S. The molecule has 6 nitrogen and oxygen atoms in total. The lowest BCUT2D eigenvalue weighted by Crippen LogP contribution is -2.13. The molecule has 0 saturated heterocycles. The zero-order valence-corrected chi connectivity index (χ0v) is 12.1. The predicted octanol–water partition coefficient (Wildman–Crippen LogP) is 2.13. The fourth-order valence-corrected chi connectivity index (χ4v) is 2.68. The Morgan fingerprint density at radius 1 is 1.30 bits per heavy atom. The molecule has 0 bridgehead atoms. The van der Waals surface area contributed by atoms with Crippen LogP contribution in [0.3, 0.4) is 0 Å². The van der Waals surface area contributed by atoms with Crippen LogP contribution in [0.15, 0.2) is 41.4 Å². The molecule has 0 aliphatic heterocycles. The Morgan fingerprint density at radius 2 is 2.05 bits per heavy atom. The number of anilines is 2. The number of halogens is 1. The van der Waals surface area contributed by atoms with Crippen LogP contribution in [0.4, 0.5) is 11.4 Å². The van der Waals surface area contributed by atoms with E-state index in [0.717, 1.165) is 0 Å². The summed E-state index contributed by atoms with van der Waals surface area (Å²) in [5.41, 5.74) is 6.32. The first kappa shape index (κ1) is 14.4. The van der Waals surface area contributed by atoms with E-state index in [0.29, 0.717) is 17.1 Å². The number of nitrogens with two attached hydrogens (primary N) is 1. The van der Waals surface area contributed by atoms with E-state index < -0.39 is 10.0 Å². The molecule has 0 saturated carbocycles. The second kappa shape index (κ2) is 5.56. The molecule has 1 heterocycles. The van der Waals surface area contributed by atoms with Gasteiger partial charge in [-0.05, 0) is 24.3 Å². The SMILES string of the molecule is COc1cc(S(=O)(=O)Nc2ccc(Cl)nc2)ccc1N. The van der Waals surface area contributed by atoms with Crippen LogP contribution in [0, 0.1) is 0 Å². The van der Waals surface area contributed by atoms with Crippen LogP contribution >= 0.6 is 11.6 Å². The fraction of sp³-hybridized carbons (Fsp3) is 0.0833. The van der Waals surface area contributed by atoms with Crippen molar-refractivity contribution >= 4 is 33.0 Å². The van der Waals surface area contributed by atoms with Crippen LogP contribution in [-0.2, 0) is 10.0 Å². The average molecular weight is 314 g/mol. The van der Waals surface area contributed by atoms with Gasteiger partial charge < -0.3 is 10.5 Å². The van der Waals surface area contributed by atoms with Gasteiger partial charge in [-0.25, -0.2) is 13.4 Å². The number of methoxy groups -OCH3 is 1. The molecule has 1 aromatic carbocycles. The molecule has 0 radical (unpaired) electrons. The van der Waals surface area contributed by atoms with E-state index in [2.05, 4.69) is 9.71 Å². The van der Waals surface area contributed by atoms with E-state index in [9.17, 15) is 8.42 Å². The minimum absolute atomic E-state index is 0.0403. The van der Waals surface area contributed by atoms with Gasteiger partial charge in [0.2, 0.25) is 0 Å². The van der Waals surface area contributed by atoms with Crippen molar-refractivity contribution in [1.29, 1.82) is 0 Å². The Hall–Kier alpha value is -1.99. The first-order valence-electron chi connectivity index (χ1n) is 5.50. The summed E-state index contributed by atoms with van der Waals surface area (Å²) in [6.07, 6.45) is 1.33. The molecule has 0 aliphatic carbocycles. The second-order valence-corrected chi connectivity index (χ2v) is 5.95.